The van der Waals surface area contributed by atoms with E-state index in [4.69, 9.17) is 0 Å². The molecular formula is C19H39KO4S. The normalized spacial score (nSPS) is 12.8. The summed E-state index contributed by atoms with van der Waals surface area (Å²) in [5.74, 6) is 0.131. The summed E-state index contributed by atoms with van der Waals surface area (Å²) in [6.07, 6.45) is 19.6. The van der Waals surface area contributed by atoms with E-state index in [0.29, 0.717) is 0 Å². The van der Waals surface area contributed by atoms with Crippen LogP contribution >= 0.6 is 0 Å². The topological polar surface area (TPSA) is 66.4 Å². The van der Waals surface area contributed by atoms with E-state index in [-0.39, 0.29) is 63.9 Å². The van der Waals surface area contributed by atoms with Crippen LogP contribution in [0.3, 0.4) is 0 Å². The molecule has 0 amide bonds. The maximum Gasteiger partial charge on any atom is 1.00 e. The zero-order chi connectivity index (χ0) is 18.1. The molecule has 1 unspecified atom stereocenters. The van der Waals surface area contributed by atoms with E-state index < -0.39 is 10.4 Å². The second-order valence-electron chi connectivity index (χ2n) is 7.18. The summed E-state index contributed by atoms with van der Waals surface area (Å²) in [4.78, 5) is 0. The fraction of sp³-hybridized carbons (Fsp3) is 1.00. The van der Waals surface area contributed by atoms with Gasteiger partial charge in [-0.2, -0.15) is 0 Å². The van der Waals surface area contributed by atoms with Gasteiger partial charge >= 0.3 is 51.4 Å². The smallest absolute Gasteiger partial charge is 0.726 e. The molecule has 0 rings (SSSR count). The van der Waals surface area contributed by atoms with Crippen molar-refractivity contribution < 1.29 is 68.5 Å². The molecule has 0 saturated carbocycles. The molecule has 0 N–H and O–H groups in total. The van der Waals surface area contributed by atoms with E-state index in [1.54, 1.807) is 0 Å². The average molecular weight is 403 g/mol. The molecule has 146 valence electrons. The van der Waals surface area contributed by atoms with E-state index in [0.717, 1.165) is 12.8 Å². The Bertz CT molecular complexity index is 360. The predicted octanol–water partition coefficient (Wildman–Crippen LogP) is 2.97. The first kappa shape index (κ1) is 28.7. The van der Waals surface area contributed by atoms with Crippen LogP contribution in [-0.4, -0.2) is 19.6 Å². The standard InChI is InChI=1S/C19H40O4S.K/c1-3-4-5-6-7-8-9-10-11-12-13-14-15-16-17-19(2)18-23-24(20,21)22;/h19H,3-18H2,1-2H3,(H,20,21,22);/q;+1/p-1. The molecule has 1 atom stereocenters. The van der Waals surface area contributed by atoms with Crippen LogP contribution in [0, 0.1) is 5.92 Å². The van der Waals surface area contributed by atoms with Crippen molar-refractivity contribution in [3.8, 4) is 0 Å². The monoisotopic (exact) mass is 402 g/mol. The Morgan fingerprint density at radius 2 is 1.12 bits per heavy atom. The van der Waals surface area contributed by atoms with Crippen molar-refractivity contribution in [2.24, 2.45) is 5.92 Å². The van der Waals surface area contributed by atoms with E-state index >= 15 is 0 Å². The van der Waals surface area contributed by atoms with Crippen LogP contribution in [0.4, 0.5) is 0 Å². The maximum absolute atomic E-state index is 10.4. The van der Waals surface area contributed by atoms with Gasteiger partial charge in [0.15, 0.2) is 0 Å². The molecule has 0 aromatic rings. The van der Waals surface area contributed by atoms with E-state index in [1.807, 2.05) is 6.92 Å². The third-order valence-electron chi connectivity index (χ3n) is 4.55. The minimum atomic E-state index is -4.53. The Balaban J connectivity index is 0. The Hall–Kier alpha value is 1.51. The second kappa shape index (κ2) is 20.2. The van der Waals surface area contributed by atoms with Crippen LogP contribution in [0.25, 0.3) is 0 Å². The maximum atomic E-state index is 10.4. The molecule has 0 aromatic heterocycles. The average Bonchev–Trinajstić information content (AvgIpc) is 2.52. The summed E-state index contributed by atoms with van der Waals surface area (Å²) in [6.45, 7) is 4.20. The molecule has 0 fully saturated rings. The van der Waals surface area contributed by atoms with Crippen molar-refractivity contribution in [1.82, 2.24) is 0 Å². The second-order valence-corrected chi connectivity index (χ2v) is 8.24. The first-order valence-electron chi connectivity index (χ1n) is 10.1. The molecule has 25 heavy (non-hydrogen) atoms. The molecule has 0 aromatic carbocycles. The molecule has 0 aliphatic heterocycles. The van der Waals surface area contributed by atoms with Gasteiger partial charge in [-0.3, -0.25) is 4.18 Å². The Morgan fingerprint density at radius 3 is 1.48 bits per heavy atom. The molecule has 0 aliphatic carbocycles. The molecule has 0 saturated heterocycles. The Kier molecular flexibility index (Phi) is 23.3. The number of hydrogen-bond donors (Lipinski definition) is 0. The number of rotatable bonds is 18. The minimum absolute atomic E-state index is 0. The van der Waals surface area contributed by atoms with Crippen LogP contribution in [0.15, 0.2) is 0 Å². The zero-order valence-electron chi connectivity index (χ0n) is 16.9. The van der Waals surface area contributed by atoms with Crippen LogP contribution in [0.1, 0.15) is 110 Å². The number of hydrogen-bond acceptors (Lipinski definition) is 4. The van der Waals surface area contributed by atoms with E-state index in [1.165, 1.54) is 83.5 Å². The van der Waals surface area contributed by atoms with Crippen molar-refractivity contribution in [3.05, 3.63) is 0 Å². The molecule has 6 heteroatoms. The van der Waals surface area contributed by atoms with Gasteiger partial charge in [-0.25, -0.2) is 8.42 Å². The van der Waals surface area contributed by atoms with Crippen molar-refractivity contribution in [1.29, 1.82) is 0 Å². The third kappa shape index (κ3) is 25.5. The summed E-state index contributed by atoms with van der Waals surface area (Å²) < 4.78 is 35.4. The summed E-state index contributed by atoms with van der Waals surface area (Å²) in [5, 5.41) is 0. The van der Waals surface area contributed by atoms with Gasteiger partial charge in [-0.15, -0.1) is 0 Å². The summed E-state index contributed by atoms with van der Waals surface area (Å²) in [7, 11) is -4.53. The Labute approximate surface area is 199 Å². The quantitative estimate of drug-likeness (QED) is 0.153. The van der Waals surface area contributed by atoms with Gasteiger partial charge < -0.3 is 4.55 Å². The fourth-order valence-electron chi connectivity index (χ4n) is 2.97. The van der Waals surface area contributed by atoms with Crippen LogP contribution in [0.5, 0.6) is 0 Å². The van der Waals surface area contributed by atoms with Crippen molar-refractivity contribution in [2.45, 2.75) is 110 Å². The number of unbranched alkanes of at least 4 members (excludes halogenated alkanes) is 13. The van der Waals surface area contributed by atoms with Crippen molar-refractivity contribution in [2.75, 3.05) is 6.61 Å². The van der Waals surface area contributed by atoms with Gasteiger partial charge in [0.25, 0.3) is 0 Å². The predicted molar refractivity (Wildman–Crippen MR) is 99.7 cm³/mol. The summed E-state index contributed by atoms with van der Waals surface area (Å²) >= 11 is 0. The van der Waals surface area contributed by atoms with Crippen LogP contribution < -0.4 is 51.4 Å². The third-order valence-corrected chi connectivity index (χ3v) is 4.97. The van der Waals surface area contributed by atoms with Gasteiger partial charge in [-0.1, -0.05) is 104 Å². The molecule has 0 spiro atoms. The van der Waals surface area contributed by atoms with Gasteiger partial charge in [0, 0.05) is 0 Å². The van der Waals surface area contributed by atoms with Crippen LogP contribution in [-0.2, 0) is 14.6 Å². The molecule has 0 bridgehead atoms. The molecule has 4 nitrogen and oxygen atoms in total. The largest absolute Gasteiger partial charge is 1.00 e. The first-order chi connectivity index (χ1) is 11.5. The molecule has 0 aliphatic rings. The van der Waals surface area contributed by atoms with E-state index in [9.17, 15) is 13.0 Å². The van der Waals surface area contributed by atoms with Gasteiger partial charge in [0.2, 0.25) is 10.4 Å². The SMILES string of the molecule is CCCCCCCCCCCCCCCCC(C)COS(=O)(=O)[O-].[K+]. The molecular weight excluding hydrogens is 363 g/mol. The van der Waals surface area contributed by atoms with Crippen molar-refractivity contribution in [3.63, 3.8) is 0 Å². The Morgan fingerprint density at radius 1 is 0.760 bits per heavy atom. The summed E-state index contributed by atoms with van der Waals surface area (Å²) in [6, 6.07) is 0. The van der Waals surface area contributed by atoms with E-state index in [2.05, 4.69) is 11.1 Å². The molecule has 0 heterocycles. The van der Waals surface area contributed by atoms with Gasteiger partial charge in [0.1, 0.15) is 0 Å². The molecule has 0 radical (unpaired) electrons. The first-order valence-corrected chi connectivity index (χ1v) is 11.4. The summed E-state index contributed by atoms with van der Waals surface area (Å²) in [5.41, 5.74) is 0. The van der Waals surface area contributed by atoms with Crippen LogP contribution in [0.2, 0.25) is 0 Å². The van der Waals surface area contributed by atoms with Crippen molar-refractivity contribution >= 4 is 10.4 Å². The van der Waals surface area contributed by atoms with Gasteiger partial charge in [-0.05, 0) is 12.3 Å². The fourth-order valence-corrected chi connectivity index (χ4v) is 3.37. The van der Waals surface area contributed by atoms with Gasteiger partial charge in [0.05, 0.1) is 6.61 Å². The zero-order valence-corrected chi connectivity index (χ0v) is 20.9. The minimum Gasteiger partial charge on any atom is -0.726 e.